The van der Waals surface area contributed by atoms with E-state index in [0.29, 0.717) is 12.1 Å². The number of aromatic nitrogens is 1. The van der Waals surface area contributed by atoms with Crippen LogP contribution in [0.2, 0.25) is 0 Å². The first kappa shape index (κ1) is 12.0. The second-order valence-electron chi connectivity index (χ2n) is 6.68. The molecule has 2 atom stereocenters. The molecular weight excluding hydrogens is 228 g/mol. The largest absolute Gasteiger partial charge is 0.432 e. The van der Waals surface area contributed by atoms with Crippen LogP contribution in [0.4, 0.5) is 6.01 Å². The number of anilines is 1. The molecule has 4 nitrogen and oxygen atoms in total. The van der Waals surface area contributed by atoms with Gasteiger partial charge in [0.1, 0.15) is 6.26 Å². The zero-order valence-electron chi connectivity index (χ0n) is 11.4. The van der Waals surface area contributed by atoms with Crippen molar-refractivity contribution in [3.05, 3.63) is 12.0 Å². The van der Waals surface area contributed by atoms with E-state index in [9.17, 15) is 5.11 Å². The average Bonchev–Trinajstić information content (AvgIpc) is 2.81. The Kier molecular flexibility index (Phi) is 2.66. The van der Waals surface area contributed by atoms with Crippen LogP contribution < -0.4 is 4.90 Å². The molecule has 0 saturated carbocycles. The molecule has 0 radical (unpaired) electrons. The topological polar surface area (TPSA) is 49.5 Å². The lowest BCUT2D eigenvalue weighted by Gasteiger charge is -2.35. The Balaban J connectivity index is 1.86. The van der Waals surface area contributed by atoms with Gasteiger partial charge >= 0.3 is 0 Å². The van der Waals surface area contributed by atoms with Crippen molar-refractivity contribution in [1.29, 1.82) is 0 Å². The van der Waals surface area contributed by atoms with Crippen LogP contribution in [0, 0.1) is 0 Å². The molecule has 2 fully saturated rings. The highest BCUT2D eigenvalue weighted by atomic mass is 16.4. The second-order valence-corrected chi connectivity index (χ2v) is 6.68. The minimum Gasteiger partial charge on any atom is -0.432 e. The van der Waals surface area contributed by atoms with Gasteiger partial charge in [-0.1, -0.05) is 20.8 Å². The van der Waals surface area contributed by atoms with Crippen LogP contribution in [-0.4, -0.2) is 28.3 Å². The van der Waals surface area contributed by atoms with Gasteiger partial charge in [0, 0.05) is 17.5 Å². The maximum Gasteiger partial charge on any atom is 0.297 e. The fourth-order valence-corrected chi connectivity index (χ4v) is 3.19. The number of hydrogen-bond acceptors (Lipinski definition) is 4. The number of nitrogens with zero attached hydrogens (tertiary/aromatic N) is 2. The van der Waals surface area contributed by atoms with E-state index in [0.717, 1.165) is 37.4 Å². The van der Waals surface area contributed by atoms with Gasteiger partial charge in [0.05, 0.1) is 11.8 Å². The van der Waals surface area contributed by atoms with Crippen molar-refractivity contribution in [2.24, 2.45) is 0 Å². The first-order valence-corrected chi connectivity index (χ1v) is 6.87. The Morgan fingerprint density at radius 3 is 2.39 bits per heavy atom. The van der Waals surface area contributed by atoms with Crippen molar-refractivity contribution in [2.45, 2.75) is 70.1 Å². The smallest absolute Gasteiger partial charge is 0.297 e. The number of rotatable bonds is 1. The summed E-state index contributed by atoms with van der Waals surface area (Å²) in [7, 11) is 0. The van der Waals surface area contributed by atoms with E-state index < -0.39 is 0 Å². The second kappa shape index (κ2) is 3.98. The van der Waals surface area contributed by atoms with E-state index in [-0.39, 0.29) is 11.5 Å². The molecule has 0 amide bonds. The lowest BCUT2D eigenvalue weighted by atomic mass is 9.93. The van der Waals surface area contributed by atoms with E-state index in [2.05, 4.69) is 30.7 Å². The molecule has 2 aliphatic heterocycles. The van der Waals surface area contributed by atoms with Gasteiger partial charge in [0.15, 0.2) is 0 Å². The lowest BCUT2D eigenvalue weighted by molar-refractivity contribution is 0.124. The van der Waals surface area contributed by atoms with Crippen LogP contribution in [0.1, 0.15) is 52.1 Å². The Morgan fingerprint density at radius 1 is 1.28 bits per heavy atom. The zero-order valence-corrected chi connectivity index (χ0v) is 11.4. The molecule has 3 rings (SSSR count). The van der Waals surface area contributed by atoms with E-state index in [4.69, 9.17) is 4.42 Å². The van der Waals surface area contributed by atoms with Gasteiger partial charge in [0.25, 0.3) is 6.01 Å². The molecule has 1 aromatic rings. The van der Waals surface area contributed by atoms with Crippen molar-refractivity contribution >= 4 is 6.01 Å². The van der Waals surface area contributed by atoms with E-state index >= 15 is 0 Å². The normalized spacial score (nSPS) is 32.0. The summed E-state index contributed by atoms with van der Waals surface area (Å²) in [5, 5.41) is 9.81. The molecule has 0 spiro atoms. The number of oxazole rings is 1. The van der Waals surface area contributed by atoms with Crippen LogP contribution in [0.3, 0.4) is 0 Å². The predicted molar refractivity (Wildman–Crippen MR) is 69.7 cm³/mol. The number of fused-ring (bicyclic) bond motifs is 2. The van der Waals surface area contributed by atoms with E-state index in [1.807, 2.05) is 0 Å². The summed E-state index contributed by atoms with van der Waals surface area (Å²) < 4.78 is 5.68. The molecule has 4 heteroatoms. The standard InChI is InChI=1S/C14H22N2O2/c1-14(2,3)12-8-18-13(15-12)16-9-4-5-10(16)7-11(17)6-9/h8-11,17H,4-7H2,1-3H3. The first-order valence-electron chi connectivity index (χ1n) is 6.87. The third kappa shape index (κ3) is 1.92. The summed E-state index contributed by atoms with van der Waals surface area (Å²) in [5.74, 6) is 0. The third-order valence-electron chi connectivity index (χ3n) is 4.19. The Bertz CT molecular complexity index is 421. The Labute approximate surface area is 108 Å². The highest BCUT2D eigenvalue weighted by Gasteiger charge is 2.42. The minimum absolute atomic E-state index is 0.0239. The fraction of sp³-hybridized carbons (Fsp3) is 0.786. The van der Waals surface area contributed by atoms with Crippen LogP contribution in [0.15, 0.2) is 10.7 Å². The molecule has 0 aromatic carbocycles. The molecule has 2 aliphatic rings. The number of piperidine rings is 1. The monoisotopic (exact) mass is 250 g/mol. The van der Waals surface area contributed by atoms with Crippen molar-refractivity contribution in [3.63, 3.8) is 0 Å². The maximum atomic E-state index is 9.81. The lowest BCUT2D eigenvalue weighted by Crippen LogP contribution is -2.45. The number of aliphatic hydroxyl groups excluding tert-OH is 1. The molecular formula is C14H22N2O2. The van der Waals surface area contributed by atoms with Crippen LogP contribution >= 0.6 is 0 Å². The molecule has 2 bridgehead atoms. The number of hydrogen-bond donors (Lipinski definition) is 1. The quantitative estimate of drug-likeness (QED) is 0.832. The number of aliphatic hydroxyl groups is 1. The minimum atomic E-state index is -0.143. The molecule has 2 unspecified atom stereocenters. The predicted octanol–water partition coefficient (Wildman–Crippen LogP) is 2.46. The molecule has 2 saturated heterocycles. The third-order valence-corrected chi connectivity index (χ3v) is 4.19. The molecule has 1 aromatic heterocycles. The highest BCUT2D eigenvalue weighted by Crippen LogP contribution is 2.39. The summed E-state index contributed by atoms with van der Waals surface area (Å²) in [6, 6.07) is 1.56. The molecule has 100 valence electrons. The molecule has 1 N–H and O–H groups in total. The van der Waals surface area contributed by atoms with Gasteiger partial charge in [-0.3, -0.25) is 0 Å². The van der Waals surface area contributed by atoms with E-state index in [1.165, 1.54) is 0 Å². The van der Waals surface area contributed by atoms with Crippen molar-refractivity contribution < 1.29 is 9.52 Å². The van der Waals surface area contributed by atoms with Gasteiger partial charge in [-0.25, -0.2) is 0 Å². The summed E-state index contributed by atoms with van der Waals surface area (Å²) in [4.78, 5) is 6.94. The summed E-state index contributed by atoms with van der Waals surface area (Å²) >= 11 is 0. The zero-order chi connectivity index (χ0) is 12.9. The van der Waals surface area contributed by atoms with Crippen molar-refractivity contribution in [2.75, 3.05) is 4.90 Å². The van der Waals surface area contributed by atoms with Crippen LogP contribution in [-0.2, 0) is 5.41 Å². The van der Waals surface area contributed by atoms with Gasteiger partial charge in [-0.15, -0.1) is 0 Å². The Hall–Kier alpha value is -1.03. The van der Waals surface area contributed by atoms with Crippen LogP contribution in [0.25, 0.3) is 0 Å². The van der Waals surface area contributed by atoms with Crippen LogP contribution in [0.5, 0.6) is 0 Å². The molecule has 18 heavy (non-hydrogen) atoms. The average molecular weight is 250 g/mol. The summed E-state index contributed by atoms with van der Waals surface area (Å²) in [6.07, 6.45) is 5.63. The van der Waals surface area contributed by atoms with Gasteiger partial charge < -0.3 is 14.4 Å². The fourth-order valence-electron chi connectivity index (χ4n) is 3.19. The van der Waals surface area contributed by atoms with Gasteiger partial charge in [0.2, 0.25) is 0 Å². The maximum absolute atomic E-state index is 9.81. The van der Waals surface area contributed by atoms with Gasteiger partial charge in [-0.2, -0.15) is 4.98 Å². The Morgan fingerprint density at radius 2 is 1.89 bits per heavy atom. The molecule has 3 heterocycles. The summed E-state index contributed by atoms with van der Waals surface area (Å²) in [5.41, 5.74) is 1.03. The summed E-state index contributed by atoms with van der Waals surface area (Å²) in [6.45, 7) is 6.43. The van der Waals surface area contributed by atoms with Crippen molar-refractivity contribution in [1.82, 2.24) is 4.98 Å². The SMILES string of the molecule is CC(C)(C)c1coc(N2C3CCC2CC(O)C3)n1. The van der Waals surface area contributed by atoms with Crippen molar-refractivity contribution in [3.8, 4) is 0 Å². The van der Waals surface area contributed by atoms with Gasteiger partial charge in [-0.05, 0) is 25.7 Å². The molecule has 0 aliphatic carbocycles. The van der Waals surface area contributed by atoms with E-state index in [1.54, 1.807) is 6.26 Å². The highest BCUT2D eigenvalue weighted by molar-refractivity contribution is 5.36. The first-order chi connectivity index (χ1) is 8.45.